The molecular weight excluding hydrogens is 568 g/mol. The van der Waals surface area contributed by atoms with Crippen LogP contribution in [-0.4, -0.2) is 66.3 Å². The van der Waals surface area contributed by atoms with Crippen LogP contribution >= 0.6 is 0 Å². The largest absolute Gasteiger partial charge is 0.459 e. The van der Waals surface area contributed by atoms with Crippen molar-refractivity contribution in [1.29, 1.82) is 0 Å². The monoisotopic (exact) mass is 596 g/mol. The number of hydrogen-bond donors (Lipinski definition) is 1. The second kappa shape index (κ2) is 14.2. The Morgan fingerprint density at radius 2 is 0.841 bits per heavy atom. The van der Waals surface area contributed by atoms with E-state index in [1.165, 1.54) is 36.4 Å². The standard InChI is InChI=1S/C34H28O10/c35-30(22-13-5-1-6-14-22)40-21-26-27(42-31(36)23-15-7-2-8-16-23)28(43-32(37)24-17-9-3-10-18-24)29(34(39)41-26)44-33(38)25-19-11-4-12-20-25/h1-20,26-29,34,39H,21H2/t26?,27-,28-,29?,34+/m1/s1. The van der Waals surface area contributed by atoms with Crippen molar-refractivity contribution in [2.24, 2.45) is 0 Å². The molecule has 44 heavy (non-hydrogen) atoms. The molecule has 5 rings (SSSR count). The molecule has 1 aliphatic heterocycles. The number of aliphatic hydroxyl groups is 1. The predicted octanol–water partition coefficient (Wildman–Crippen LogP) is 4.24. The Bertz CT molecular complexity index is 1560. The topological polar surface area (TPSA) is 135 Å². The molecule has 10 nitrogen and oxygen atoms in total. The summed E-state index contributed by atoms with van der Waals surface area (Å²) < 4.78 is 28.4. The van der Waals surface area contributed by atoms with E-state index in [4.69, 9.17) is 23.7 Å². The Balaban J connectivity index is 1.48. The molecule has 0 spiro atoms. The normalized spacial score (nSPS) is 21.0. The van der Waals surface area contributed by atoms with Crippen LogP contribution in [0.4, 0.5) is 0 Å². The first-order valence-electron chi connectivity index (χ1n) is 13.7. The van der Waals surface area contributed by atoms with Crippen LogP contribution in [0.15, 0.2) is 121 Å². The summed E-state index contributed by atoms with van der Waals surface area (Å²) >= 11 is 0. The van der Waals surface area contributed by atoms with Crippen LogP contribution in [0.25, 0.3) is 0 Å². The minimum absolute atomic E-state index is 0.154. The van der Waals surface area contributed by atoms with E-state index in [0.29, 0.717) is 0 Å². The molecule has 4 aromatic rings. The van der Waals surface area contributed by atoms with E-state index in [1.807, 2.05) is 0 Å². The number of esters is 4. The third kappa shape index (κ3) is 7.35. The zero-order valence-corrected chi connectivity index (χ0v) is 23.3. The Morgan fingerprint density at radius 3 is 1.25 bits per heavy atom. The van der Waals surface area contributed by atoms with Gasteiger partial charge < -0.3 is 28.8 Å². The van der Waals surface area contributed by atoms with Gasteiger partial charge in [-0.05, 0) is 48.5 Å². The van der Waals surface area contributed by atoms with Crippen LogP contribution in [0.2, 0.25) is 0 Å². The molecule has 10 heteroatoms. The first kappa shape index (κ1) is 30.1. The van der Waals surface area contributed by atoms with Crippen molar-refractivity contribution < 1.29 is 48.0 Å². The fraction of sp³-hybridized carbons (Fsp3) is 0.176. The molecule has 0 bridgehead atoms. The lowest BCUT2D eigenvalue weighted by Gasteiger charge is -2.42. The van der Waals surface area contributed by atoms with Crippen molar-refractivity contribution in [3.05, 3.63) is 144 Å². The maximum atomic E-state index is 13.3. The van der Waals surface area contributed by atoms with E-state index < -0.39 is 61.2 Å². The maximum absolute atomic E-state index is 13.3. The summed E-state index contributed by atoms with van der Waals surface area (Å²) in [6.45, 7) is -0.504. The third-order valence-corrected chi connectivity index (χ3v) is 6.76. The van der Waals surface area contributed by atoms with Gasteiger partial charge in [0.15, 0.2) is 24.6 Å². The first-order valence-corrected chi connectivity index (χ1v) is 13.7. The summed E-state index contributed by atoms with van der Waals surface area (Å²) in [5.41, 5.74) is 0.736. The van der Waals surface area contributed by atoms with Gasteiger partial charge >= 0.3 is 23.9 Å². The van der Waals surface area contributed by atoms with Gasteiger partial charge in [-0.15, -0.1) is 0 Å². The van der Waals surface area contributed by atoms with Crippen LogP contribution in [0.3, 0.4) is 0 Å². The highest BCUT2D eigenvalue weighted by Gasteiger charge is 2.52. The number of rotatable bonds is 9. The molecule has 1 aliphatic rings. The van der Waals surface area contributed by atoms with Crippen LogP contribution in [0, 0.1) is 0 Å². The van der Waals surface area contributed by atoms with Crippen molar-refractivity contribution >= 4 is 23.9 Å². The van der Waals surface area contributed by atoms with E-state index >= 15 is 0 Å². The van der Waals surface area contributed by atoms with Gasteiger partial charge in [-0.25, -0.2) is 19.2 Å². The van der Waals surface area contributed by atoms with Crippen LogP contribution in [0.5, 0.6) is 0 Å². The average molecular weight is 597 g/mol. The molecule has 0 aromatic heterocycles. The number of ether oxygens (including phenoxy) is 5. The van der Waals surface area contributed by atoms with Crippen molar-refractivity contribution in [2.45, 2.75) is 30.7 Å². The number of hydrogen-bond acceptors (Lipinski definition) is 10. The van der Waals surface area contributed by atoms with E-state index in [-0.39, 0.29) is 22.3 Å². The second-order valence-corrected chi connectivity index (χ2v) is 9.74. The quantitative estimate of drug-likeness (QED) is 0.221. The summed E-state index contributed by atoms with van der Waals surface area (Å²) in [6.07, 6.45) is -7.89. The lowest BCUT2D eigenvalue weighted by atomic mass is 9.97. The molecule has 0 radical (unpaired) electrons. The van der Waals surface area contributed by atoms with E-state index in [0.717, 1.165) is 0 Å². The minimum atomic E-state index is -1.86. The highest BCUT2D eigenvalue weighted by Crippen LogP contribution is 2.30. The maximum Gasteiger partial charge on any atom is 0.338 e. The van der Waals surface area contributed by atoms with E-state index in [2.05, 4.69) is 0 Å². The Kier molecular flexibility index (Phi) is 9.75. The molecule has 224 valence electrons. The predicted molar refractivity (Wildman–Crippen MR) is 155 cm³/mol. The van der Waals surface area contributed by atoms with Gasteiger partial charge in [-0.2, -0.15) is 0 Å². The molecule has 1 N–H and O–H groups in total. The molecule has 0 saturated carbocycles. The fourth-order valence-electron chi connectivity index (χ4n) is 4.54. The second-order valence-electron chi connectivity index (χ2n) is 9.74. The van der Waals surface area contributed by atoms with Crippen molar-refractivity contribution in [2.75, 3.05) is 6.61 Å². The van der Waals surface area contributed by atoms with Gasteiger partial charge in [-0.3, -0.25) is 0 Å². The molecule has 0 amide bonds. The summed E-state index contributed by atoms with van der Waals surface area (Å²) in [5.74, 6) is -3.21. The summed E-state index contributed by atoms with van der Waals surface area (Å²) in [7, 11) is 0. The van der Waals surface area contributed by atoms with E-state index in [9.17, 15) is 24.3 Å². The Morgan fingerprint density at radius 1 is 0.500 bits per heavy atom. The van der Waals surface area contributed by atoms with Crippen LogP contribution in [0.1, 0.15) is 41.4 Å². The minimum Gasteiger partial charge on any atom is -0.459 e. The SMILES string of the molecule is O=C(OCC1O[C@H](O)C(OC(=O)c2ccccc2)[C@H](OC(=O)c2ccccc2)[C@@H]1OC(=O)c1ccccc1)c1ccccc1. The van der Waals surface area contributed by atoms with Gasteiger partial charge in [0.05, 0.1) is 22.3 Å². The van der Waals surface area contributed by atoms with Gasteiger partial charge in [0.2, 0.25) is 0 Å². The lowest BCUT2D eigenvalue weighted by molar-refractivity contribution is -0.284. The number of aliphatic hydroxyl groups excluding tert-OH is 1. The van der Waals surface area contributed by atoms with Crippen molar-refractivity contribution in [1.82, 2.24) is 0 Å². The number of benzene rings is 4. The zero-order chi connectivity index (χ0) is 30.9. The molecule has 0 aliphatic carbocycles. The molecule has 1 saturated heterocycles. The first-order chi connectivity index (χ1) is 21.4. The molecule has 4 aromatic carbocycles. The molecule has 2 unspecified atom stereocenters. The third-order valence-electron chi connectivity index (χ3n) is 6.76. The summed E-state index contributed by atoms with van der Waals surface area (Å²) in [6, 6.07) is 32.1. The molecule has 1 heterocycles. The Hall–Kier alpha value is -5.32. The van der Waals surface area contributed by atoms with Gasteiger partial charge in [0.25, 0.3) is 0 Å². The summed E-state index contributed by atoms with van der Waals surface area (Å²) in [5, 5.41) is 11.1. The van der Waals surface area contributed by atoms with Crippen LogP contribution < -0.4 is 0 Å². The number of carbonyl (C=O) groups excluding carboxylic acids is 4. The van der Waals surface area contributed by atoms with Crippen molar-refractivity contribution in [3.8, 4) is 0 Å². The molecule has 5 atom stereocenters. The lowest BCUT2D eigenvalue weighted by Crippen LogP contribution is -2.62. The average Bonchev–Trinajstić information content (AvgIpc) is 3.07. The van der Waals surface area contributed by atoms with Gasteiger partial charge in [0.1, 0.15) is 12.7 Å². The van der Waals surface area contributed by atoms with E-state index in [1.54, 1.807) is 84.9 Å². The molecule has 1 fully saturated rings. The summed E-state index contributed by atoms with van der Waals surface area (Å²) in [4.78, 5) is 52.3. The molecular formula is C34H28O10. The van der Waals surface area contributed by atoms with Crippen LogP contribution in [-0.2, 0) is 23.7 Å². The highest BCUT2D eigenvalue weighted by atomic mass is 16.7. The fourth-order valence-corrected chi connectivity index (χ4v) is 4.54. The van der Waals surface area contributed by atoms with Crippen molar-refractivity contribution in [3.63, 3.8) is 0 Å². The smallest absolute Gasteiger partial charge is 0.338 e. The highest BCUT2D eigenvalue weighted by molar-refractivity contribution is 5.91. The van der Waals surface area contributed by atoms with Gasteiger partial charge in [0, 0.05) is 0 Å². The Labute approximate surface area is 252 Å². The number of carbonyl (C=O) groups is 4. The van der Waals surface area contributed by atoms with Gasteiger partial charge in [-0.1, -0.05) is 72.8 Å². The zero-order valence-electron chi connectivity index (χ0n) is 23.3.